The third-order valence-corrected chi connectivity index (χ3v) is 3.64. The molecule has 0 aliphatic rings. The SMILES string of the molecule is CCN(CCCBr)C(=O)c1cc(F)ccc1Br. The Morgan fingerprint density at radius 3 is 2.76 bits per heavy atom. The minimum atomic E-state index is -0.395. The number of hydrogen-bond donors (Lipinski definition) is 0. The fraction of sp³-hybridized carbons (Fsp3) is 0.417. The summed E-state index contributed by atoms with van der Waals surface area (Å²) < 4.78 is 13.8. The lowest BCUT2D eigenvalue weighted by Crippen LogP contribution is -2.32. The third-order valence-electron chi connectivity index (χ3n) is 2.39. The number of carbonyl (C=O) groups excluding carboxylic acids is 1. The molecule has 0 saturated heterocycles. The van der Waals surface area contributed by atoms with Gasteiger partial charge in [-0.2, -0.15) is 0 Å². The van der Waals surface area contributed by atoms with Gasteiger partial charge in [-0.25, -0.2) is 4.39 Å². The number of alkyl halides is 1. The topological polar surface area (TPSA) is 20.3 Å². The molecule has 0 fully saturated rings. The van der Waals surface area contributed by atoms with Gasteiger partial charge in [-0.3, -0.25) is 4.79 Å². The number of nitrogens with zero attached hydrogens (tertiary/aromatic N) is 1. The Balaban J connectivity index is 2.89. The summed E-state index contributed by atoms with van der Waals surface area (Å²) in [5.74, 6) is -0.534. The molecule has 1 aromatic rings. The maximum atomic E-state index is 13.1. The van der Waals surface area contributed by atoms with Crippen molar-refractivity contribution in [3.63, 3.8) is 0 Å². The van der Waals surface area contributed by atoms with Crippen molar-refractivity contribution < 1.29 is 9.18 Å². The molecule has 0 aromatic heterocycles. The summed E-state index contributed by atoms with van der Waals surface area (Å²) in [6.07, 6.45) is 0.881. The van der Waals surface area contributed by atoms with Gasteiger partial charge >= 0.3 is 0 Å². The van der Waals surface area contributed by atoms with E-state index in [-0.39, 0.29) is 5.91 Å². The number of carbonyl (C=O) groups is 1. The molecule has 0 atom stereocenters. The number of hydrogen-bond acceptors (Lipinski definition) is 1. The highest BCUT2D eigenvalue weighted by atomic mass is 79.9. The minimum Gasteiger partial charge on any atom is -0.339 e. The first kappa shape index (κ1) is 14.6. The van der Waals surface area contributed by atoms with Crippen LogP contribution in [-0.2, 0) is 0 Å². The van der Waals surface area contributed by atoms with Gasteiger partial charge in [-0.15, -0.1) is 0 Å². The van der Waals surface area contributed by atoms with Crippen LogP contribution < -0.4 is 0 Å². The van der Waals surface area contributed by atoms with Crippen LogP contribution in [0.2, 0.25) is 0 Å². The van der Waals surface area contributed by atoms with Crippen LogP contribution in [0.15, 0.2) is 22.7 Å². The van der Waals surface area contributed by atoms with Crippen molar-refractivity contribution in [3.8, 4) is 0 Å². The van der Waals surface area contributed by atoms with E-state index >= 15 is 0 Å². The lowest BCUT2D eigenvalue weighted by molar-refractivity contribution is 0.0763. The molecule has 0 radical (unpaired) electrons. The van der Waals surface area contributed by atoms with E-state index in [2.05, 4.69) is 31.9 Å². The van der Waals surface area contributed by atoms with E-state index in [9.17, 15) is 9.18 Å². The van der Waals surface area contributed by atoms with E-state index in [4.69, 9.17) is 0 Å². The summed E-state index contributed by atoms with van der Waals surface area (Å²) in [4.78, 5) is 13.9. The van der Waals surface area contributed by atoms with E-state index < -0.39 is 5.82 Å². The summed E-state index contributed by atoms with van der Waals surface area (Å²) in [6, 6.07) is 4.15. The molecule has 17 heavy (non-hydrogen) atoms. The zero-order valence-electron chi connectivity index (χ0n) is 9.55. The van der Waals surface area contributed by atoms with Crippen molar-refractivity contribution >= 4 is 37.8 Å². The largest absolute Gasteiger partial charge is 0.339 e. The molecule has 1 rings (SSSR count). The molecule has 94 valence electrons. The normalized spacial score (nSPS) is 10.4. The molecule has 1 aromatic carbocycles. The van der Waals surface area contributed by atoms with Crippen LogP contribution >= 0.6 is 31.9 Å². The summed E-state index contributed by atoms with van der Waals surface area (Å²) in [7, 11) is 0. The number of benzene rings is 1. The maximum Gasteiger partial charge on any atom is 0.255 e. The van der Waals surface area contributed by atoms with Gasteiger partial charge in [-0.1, -0.05) is 15.9 Å². The average Bonchev–Trinajstić information content (AvgIpc) is 2.33. The average molecular weight is 367 g/mol. The first-order valence-corrected chi connectivity index (χ1v) is 7.32. The lowest BCUT2D eigenvalue weighted by atomic mass is 10.2. The first-order valence-electron chi connectivity index (χ1n) is 5.40. The molecule has 0 heterocycles. The Morgan fingerprint density at radius 1 is 1.47 bits per heavy atom. The van der Waals surface area contributed by atoms with Gasteiger partial charge in [0.2, 0.25) is 0 Å². The van der Waals surface area contributed by atoms with Crippen LogP contribution in [0.25, 0.3) is 0 Å². The first-order chi connectivity index (χ1) is 8.10. The molecule has 0 saturated carbocycles. The van der Waals surface area contributed by atoms with Gasteiger partial charge in [0, 0.05) is 22.9 Å². The van der Waals surface area contributed by atoms with Crippen molar-refractivity contribution in [1.82, 2.24) is 4.90 Å². The van der Waals surface area contributed by atoms with Gasteiger partial charge in [0.25, 0.3) is 5.91 Å². The number of rotatable bonds is 5. The second-order valence-electron chi connectivity index (χ2n) is 3.55. The van der Waals surface area contributed by atoms with E-state index in [0.29, 0.717) is 23.1 Å². The minimum absolute atomic E-state index is 0.139. The standard InChI is InChI=1S/C12H14Br2FNO/c1-2-16(7-3-6-13)12(17)10-8-9(15)4-5-11(10)14/h4-5,8H,2-3,6-7H2,1H3. The summed E-state index contributed by atoms with van der Waals surface area (Å²) in [6.45, 7) is 3.21. The molecule has 1 amide bonds. The fourth-order valence-corrected chi connectivity index (χ4v) is 2.15. The highest BCUT2D eigenvalue weighted by molar-refractivity contribution is 9.10. The van der Waals surface area contributed by atoms with E-state index in [1.54, 1.807) is 11.0 Å². The van der Waals surface area contributed by atoms with Crippen molar-refractivity contribution in [2.45, 2.75) is 13.3 Å². The van der Waals surface area contributed by atoms with Crippen LogP contribution in [0, 0.1) is 5.82 Å². The molecule has 0 spiro atoms. The van der Waals surface area contributed by atoms with Gasteiger partial charge in [-0.05, 0) is 47.5 Å². The van der Waals surface area contributed by atoms with Crippen LogP contribution in [0.4, 0.5) is 4.39 Å². The quantitative estimate of drug-likeness (QED) is 0.725. The van der Waals surface area contributed by atoms with Crippen LogP contribution in [0.3, 0.4) is 0 Å². The Labute approximate surface area is 117 Å². The Hall–Kier alpha value is -0.420. The molecule has 5 heteroatoms. The molecule has 0 aliphatic carbocycles. The third kappa shape index (κ3) is 4.07. The van der Waals surface area contributed by atoms with Gasteiger partial charge in [0.1, 0.15) is 5.82 Å². The zero-order chi connectivity index (χ0) is 12.8. The van der Waals surface area contributed by atoms with Crippen LogP contribution in [0.5, 0.6) is 0 Å². The maximum absolute atomic E-state index is 13.1. The fourth-order valence-electron chi connectivity index (χ4n) is 1.49. The summed E-state index contributed by atoms with van der Waals surface area (Å²) in [5, 5.41) is 0.848. The number of halogens is 3. The van der Waals surface area contributed by atoms with Gasteiger partial charge in [0.15, 0.2) is 0 Å². The van der Waals surface area contributed by atoms with Gasteiger partial charge in [0.05, 0.1) is 5.56 Å². The Morgan fingerprint density at radius 2 is 2.18 bits per heavy atom. The number of amides is 1. The molecule has 0 unspecified atom stereocenters. The molecule has 0 bridgehead atoms. The molecular formula is C12H14Br2FNO. The molecule has 0 N–H and O–H groups in total. The van der Waals surface area contributed by atoms with Crippen molar-refractivity contribution in [1.29, 1.82) is 0 Å². The molecule has 0 aliphatic heterocycles. The molecule has 2 nitrogen and oxygen atoms in total. The Kier molecular flexibility index (Phi) is 6.12. The summed E-state index contributed by atoms with van der Waals surface area (Å²) >= 11 is 6.60. The Bertz CT molecular complexity index is 398. The predicted molar refractivity (Wildman–Crippen MR) is 74.1 cm³/mol. The lowest BCUT2D eigenvalue weighted by Gasteiger charge is -2.21. The van der Waals surface area contributed by atoms with Crippen molar-refractivity contribution in [3.05, 3.63) is 34.1 Å². The van der Waals surface area contributed by atoms with Crippen molar-refractivity contribution in [2.75, 3.05) is 18.4 Å². The van der Waals surface area contributed by atoms with Crippen molar-refractivity contribution in [2.24, 2.45) is 0 Å². The van der Waals surface area contributed by atoms with E-state index in [1.165, 1.54) is 12.1 Å². The zero-order valence-corrected chi connectivity index (χ0v) is 12.7. The predicted octanol–water partition coefficient (Wildman–Crippen LogP) is 3.84. The van der Waals surface area contributed by atoms with E-state index in [0.717, 1.165) is 11.8 Å². The molecular weight excluding hydrogens is 353 g/mol. The summed E-state index contributed by atoms with van der Waals surface area (Å²) in [5.41, 5.74) is 0.376. The second kappa shape index (κ2) is 7.11. The monoisotopic (exact) mass is 365 g/mol. The second-order valence-corrected chi connectivity index (χ2v) is 5.20. The van der Waals surface area contributed by atoms with E-state index in [1.807, 2.05) is 6.92 Å². The van der Waals surface area contributed by atoms with Crippen LogP contribution in [-0.4, -0.2) is 29.2 Å². The highest BCUT2D eigenvalue weighted by Crippen LogP contribution is 2.19. The smallest absolute Gasteiger partial charge is 0.255 e. The highest BCUT2D eigenvalue weighted by Gasteiger charge is 2.17. The van der Waals surface area contributed by atoms with Crippen LogP contribution in [0.1, 0.15) is 23.7 Å². The van der Waals surface area contributed by atoms with Gasteiger partial charge < -0.3 is 4.90 Å².